The van der Waals surface area contributed by atoms with Gasteiger partial charge in [0.2, 0.25) is 0 Å². The Labute approximate surface area is 105 Å². The van der Waals surface area contributed by atoms with Gasteiger partial charge in [0.15, 0.2) is 11.0 Å². The van der Waals surface area contributed by atoms with Crippen LogP contribution in [-0.4, -0.2) is 27.1 Å². The van der Waals surface area contributed by atoms with Crippen LogP contribution >= 0.6 is 11.8 Å². The summed E-state index contributed by atoms with van der Waals surface area (Å²) in [5.74, 6) is 1.75. The molecule has 4 nitrogen and oxygen atoms in total. The molecule has 0 atom stereocenters. The molecule has 2 rings (SSSR count). The molecule has 2 aromatic rings. The fraction of sp³-hybridized carbons (Fsp3) is 0.333. The van der Waals surface area contributed by atoms with E-state index in [0.717, 1.165) is 22.3 Å². The zero-order valence-corrected chi connectivity index (χ0v) is 10.9. The van der Waals surface area contributed by atoms with Crippen molar-refractivity contribution in [2.75, 3.05) is 12.3 Å². The maximum Gasteiger partial charge on any atom is 0.191 e. The number of aromatic nitrogens is 3. The second-order valence-corrected chi connectivity index (χ2v) is 4.93. The van der Waals surface area contributed by atoms with Crippen LogP contribution in [0.15, 0.2) is 29.4 Å². The van der Waals surface area contributed by atoms with Crippen molar-refractivity contribution in [3.63, 3.8) is 0 Å². The third-order valence-corrected chi connectivity index (χ3v) is 3.55. The van der Waals surface area contributed by atoms with Gasteiger partial charge in [-0.05, 0) is 6.92 Å². The minimum absolute atomic E-state index is 0.650. The standard InChI is InChI=1S/C12H16N4S/c1-9-3-5-10(6-4-9)11-14-15-12(16(11)2)17-8-7-13/h3-6H,7-8,13H2,1-2H3. The van der Waals surface area contributed by atoms with E-state index >= 15 is 0 Å². The largest absolute Gasteiger partial charge is 0.330 e. The lowest BCUT2D eigenvalue weighted by molar-refractivity contribution is 0.793. The van der Waals surface area contributed by atoms with Crippen LogP contribution in [0.1, 0.15) is 5.56 Å². The van der Waals surface area contributed by atoms with E-state index in [9.17, 15) is 0 Å². The molecule has 0 unspecified atom stereocenters. The van der Waals surface area contributed by atoms with Crippen LogP contribution < -0.4 is 5.73 Å². The predicted molar refractivity (Wildman–Crippen MR) is 71.0 cm³/mol. The molecule has 0 saturated heterocycles. The molecule has 1 aromatic heterocycles. The smallest absolute Gasteiger partial charge is 0.191 e. The fourth-order valence-corrected chi connectivity index (χ4v) is 2.22. The van der Waals surface area contributed by atoms with Gasteiger partial charge in [-0.15, -0.1) is 10.2 Å². The summed E-state index contributed by atoms with van der Waals surface area (Å²) in [6.45, 7) is 2.72. The molecule has 0 aliphatic heterocycles. The number of nitrogens with zero attached hydrogens (tertiary/aromatic N) is 3. The SMILES string of the molecule is Cc1ccc(-c2nnc(SCCN)n2C)cc1. The summed E-state index contributed by atoms with van der Waals surface area (Å²) >= 11 is 1.63. The Kier molecular flexibility index (Phi) is 3.81. The second-order valence-electron chi connectivity index (χ2n) is 3.87. The van der Waals surface area contributed by atoms with E-state index in [4.69, 9.17) is 5.73 Å². The molecule has 0 fully saturated rings. The van der Waals surface area contributed by atoms with Gasteiger partial charge in [0.25, 0.3) is 0 Å². The normalized spacial score (nSPS) is 10.8. The highest BCUT2D eigenvalue weighted by molar-refractivity contribution is 7.99. The molecule has 0 saturated carbocycles. The zero-order chi connectivity index (χ0) is 12.3. The van der Waals surface area contributed by atoms with Crippen LogP contribution in [0.3, 0.4) is 0 Å². The van der Waals surface area contributed by atoms with Gasteiger partial charge in [-0.2, -0.15) is 0 Å². The topological polar surface area (TPSA) is 56.7 Å². The van der Waals surface area contributed by atoms with Crippen LogP contribution in [0.5, 0.6) is 0 Å². The Morgan fingerprint density at radius 1 is 1.24 bits per heavy atom. The first-order chi connectivity index (χ1) is 8.22. The van der Waals surface area contributed by atoms with E-state index in [2.05, 4.69) is 41.4 Å². The first kappa shape index (κ1) is 12.1. The number of hydrogen-bond donors (Lipinski definition) is 1. The molecule has 17 heavy (non-hydrogen) atoms. The van der Waals surface area contributed by atoms with Gasteiger partial charge in [-0.25, -0.2) is 0 Å². The highest BCUT2D eigenvalue weighted by Crippen LogP contribution is 2.22. The summed E-state index contributed by atoms with van der Waals surface area (Å²) in [7, 11) is 1.98. The van der Waals surface area contributed by atoms with Crippen molar-refractivity contribution < 1.29 is 0 Å². The second kappa shape index (κ2) is 5.33. The molecule has 0 aliphatic rings. The van der Waals surface area contributed by atoms with E-state index in [1.807, 2.05) is 11.6 Å². The minimum atomic E-state index is 0.650. The molecule has 90 valence electrons. The number of hydrogen-bond acceptors (Lipinski definition) is 4. The summed E-state index contributed by atoms with van der Waals surface area (Å²) in [5, 5.41) is 9.30. The molecular weight excluding hydrogens is 232 g/mol. The maximum atomic E-state index is 5.48. The molecule has 1 heterocycles. The number of nitrogens with two attached hydrogens (primary N) is 1. The van der Waals surface area contributed by atoms with Gasteiger partial charge in [0.1, 0.15) is 0 Å². The first-order valence-corrected chi connectivity index (χ1v) is 6.50. The maximum absolute atomic E-state index is 5.48. The summed E-state index contributed by atoms with van der Waals surface area (Å²) in [5.41, 5.74) is 7.81. The van der Waals surface area contributed by atoms with Crippen molar-refractivity contribution in [1.82, 2.24) is 14.8 Å². The van der Waals surface area contributed by atoms with Crippen molar-refractivity contribution in [2.45, 2.75) is 12.1 Å². The van der Waals surface area contributed by atoms with Crippen molar-refractivity contribution >= 4 is 11.8 Å². The average molecular weight is 248 g/mol. The first-order valence-electron chi connectivity index (χ1n) is 5.51. The van der Waals surface area contributed by atoms with Crippen molar-refractivity contribution in [3.8, 4) is 11.4 Å². The molecule has 0 radical (unpaired) electrons. The van der Waals surface area contributed by atoms with Gasteiger partial charge < -0.3 is 10.3 Å². The Morgan fingerprint density at radius 2 is 1.94 bits per heavy atom. The number of rotatable bonds is 4. The summed E-state index contributed by atoms with van der Waals surface area (Å²) in [6.07, 6.45) is 0. The third-order valence-electron chi connectivity index (χ3n) is 2.49. The van der Waals surface area contributed by atoms with Gasteiger partial charge in [-0.1, -0.05) is 41.6 Å². The summed E-state index contributed by atoms with van der Waals surface area (Å²) < 4.78 is 2.00. The van der Waals surface area contributed by atoms with Gasteiger partial charge in [0, 0.05) is 24.9 Å². The van der Waals surface area contributed by atoms with Crippen LogP contribution in [0.25, 0.3) is 11.4 Å². The van der Waals surface area contributed by atoms with E-state index in [0.29, 0.717) is 6.54 Å². The van der Waals surface area contributed by atoms with Crippen molar-refractivity contribution in [2.24, 2.45) is 12.8 Å². The molecule has 0 spiro atoms. The van der Waals surface area contributed by atoms with Gasteiger partial charge >= 0.3 is 0 Å². The molecule has 0 amide bonds. The van der Waals surface area contributed by atoms with Crippen LogP contribution in [0.4, 0.5) is 0 Å². The fourth-order valence-electron chi connectivity index (χ4n) is 1.54. The summed E-state index contributed by atoms with van der Waals surface area (Å²) in [4.78, 5) is 0. The Balaban J connectivity index is 2.27. The van der Waals surface area contributed by atoms with E-state index in [1.54, 1.807) is 11.8 Å². The lowest BCUT2D eigenvalue weighted by Gasteiger charge is -2.03. The van der Waals surface area contributed by atoms with Crippen molar-refractivity contribution in [1.29, 1.82) is 0 Å². The quantitative estimate of drug-likeness (QED) is 0.839. The average Bonchev–Trinajstić information content (AvgIpc) is 2.69. The molecule has 0 bridgehead atoms. The molecular formula is C12H16N4S. The molecule has 2 N–H and O–H groups in total. The highest BCUT2D eigenvalue weighted by atomic mass is 32.2. The van der Waals surface area contributed by atoms with Crippen LogP contribution in [0, 0.1) is 6.92 Å². The highest BCUT2D eigenvalue weighted by Gasteiger charge is 2.10. The van der Waals surface area contributed by atoms with Gasteiger partial charge in [-0.3, -0.25) is 0 Å². The van der Waals surface area contributed by atoms with E-state index in [1.165, 1.54) is 5.56 Å². The monoisotopic (exact) mass is 248 g/mol. The van der Waals surface area contributed by atoms with Crippen LogP contribution in [0.2, 0.25) is 0 Å². The Morgan fingerprint density at radius 3 is 2.59 bits per heavy atom. The number of benzene rings is 1. The number of thioether (sulfide) groups is 1. The Hall–Kier alpha value is -1.33. The Bertz CT molecular complexity index is 490. The van der Waals surface area contributed by atoms with E-state index in [-0.39, 0.29) is 0 Å². The summed E-state index contributed by atoms with van der Waals surface area (Å²) in [6, 6.07) is 8.29. The van der Waals surface area contributed by atoms with Crippen molar-refractivity contribution in [3.05, 3.63) is 29.8 Å². The van der Waals surface area contributed by atoms with Gasteiger partial charge in [0.05, 0.1) is 0 Å². The lowest BCUT2D eigenvalue weighted by Crippen LogP contribution is -2.03. The predicted octanol–water partition coefficient (Wildman–Crippen LogP) is 1.84. The third kappa shape index (κ3) is 2.68. The van der Waals surface area contributed by atoms with Crippen LogP contribution in [-0.2, 0) is 7.05 Å². The van der Waals surface area contributed by atoms with E-state index < -0.39 is 0 Å². The molecule has 5 heteroatoms. The number of aryl methyl sites for hydroxylation is 1. The minimum Gasteiger partial charge on any atom is -0.330 e. The zero-order valence-electron chi connectivity index (χ0n) is 10.1. The molecule has 1 aromatic carbocycles. The molecule has 0 aliphatic carbocycles. The lowest BCUT2D eigenvalue weighted by atomic mass is 10.1.